The summed E-state index contributed by atoms with van der Waals surface area (Å²) in [4.78, 5) is 3.85. The molecule has 0 N–H and O–H groups in total. The van der Waals surface area contributed by atoms with Crippen molar-refractivity contribution in [3.63, 3.8) is 0 Å². The zero-order valence-electron chi connectivity index (χ0n) is 8.95. The van der Waals surface area contributed by atoms with Crippen molar-refractivity contribution in [3.8, 4) is 0 Å². The highest BCUT2D eigenvalue weighted by molar-refractivity contribution is 8.06. The molecule has 74 valence electrons. The van der Waals surface area contributed by atoms with E-state index in [-0.39, 0.29) is 0 Å². The molecule has 1 atom stereocenters. The van der Waals surface area contributed by atoms with Gasteiger partial charge in [-0.05, 0) is 26.2 Å². The maximum Gasteiger partial charge on any atom is 0.0228 e. The van der Waals surface area contributed by atoms with E-state index in [0.717, 1.165) is 6.54 Å². The Labute approximate surface area is 85.9 Å². The summed E-state index contributed by atoms with van der Waals surface area (Å²) in [6, 6.07) is 0.603. The molecule has 13 heavy (non-hydrogen) atoms. The Morgan fingerprint density at radius 3 is 2.69 bits per heavy atom. The third kappa shape index (κ3) is 2.80. The Hall–Kier alpha value is -0.370. The lowest BCUT2D eigenvalue weighted by molar-refractivity contribution is 0.325. The van der Waals surface area contributed by atoms with E-state index in [1.807, 2.05) is 11.8 Å². The Kier molecular flexibility index (Phi) is 3.91. The van der Waals surface area contributed by atoms with E-state index in [2.05, 4.69) is 50.3 Å². The van der Waals surface area contributed by atoms with Crippen LogP contribution in [0, 0.1) is 5.92 Å². The second-order valence-corrected chi connectivity index (χ2v) is 4.67. The van der Waals surface area contributed by atoms with E-state index in [1.54, 1.807) is 0 Å². The standard InChI is InChI=1S/C11H19NS/c1-5-12(9(2)3)8-11-10(4)6-7-13-11/h6-10H,5H2,1-4H3/b11-8+. The van der Waals surface area contributed by atoms with Gasteiger partial charge in [-0.1, -0.05) is 13.0 Å². The number of nitrogens with zero attached hydrogens (tertiary/aromatic N) is 1. The number of allylic oxidation sites excluding steroid dienone is 2. The smallest absolute Gasteiger partial charge is 0.0228 e. The third-order valence-electron chi connectivity index (χ3n) is 2.34. The summed E-state index contributed by atoms with van der Waals surface area (Å²) in [6.45, 7) is 10.0. The first-order chi connectivity index (χ1) is 6.15. The van der Waals surface area contributed by atoms with Crippen LogP contribution in [0.1, 0.15) is 27.7 Å². The van der Waals surface area contributed by atoms with Gasteiger partial charge >= 0.3 is 0 Å². The number of rotatable bonds is 3. The second kappa shape index (κ2) is 4.75. The molecule has 1 aliphatic heterocycles. The maximum atomic E-state index is 2.38. The monoisotopic (exact) mass is 197 g/mol. The second-order valence-electron chi connectivity index (χ2n) is 3.69. The summed E-state index contributed by atoms with van der Waals surface area (Å²) in [5, 5.41) is 2.19. The quantitative estimate of drug-likeness (QED) is 0.681. The van der Waals surface area contributed by atoms with Gasteiger partial charge in [0.1, 0.15) is 0 Å². The van der Waals surface area contributed by atoms with Crippen LogP contribution in [0.5, 0.6) is 0 Å². The third-order valence-corrected chi connectivity index (χ3v) is 3.38. The predicted octanol–water partition coefficient (Wildman–Crippen LogP) is 3.45. The van der Waals surface area contributed by atoms with Crippen molar-refractivity contribution in [2.45, 2.75) is 33.7 Å². The minimum absolute atomic E-state index is 0.603. The molecule has 1 unspecified atom stereocenters. The van der Waals surface area contributed by atoms with E-state index < -0.39 is 0 Å². The Morgan fingerprint density at radius 1 is 1.62 bits per heavy atom. The van der Waals surface area contributed by atoms with Gasteiger partial charge in [0.15, 0.2) is 0 Å². The molecular formula is C11H19NS. The van der Waals surface area contributed by atoms with Crippen LogP contribution in [0.4, 0.5) is 0 Å². The van der Waals surface area contributed by atoms with Gasteiger partial charge in [0.2, 0.25) is 0 Å². The molecule has 0 saturated heterocycles. The van der Waals surface area contributed by atoms with Crippen LogP contribution in [0.25, 0.3) is 0 Å². The topological polar surface area (TPSA) is 3.24 Å². The average Bonchev–Trinajstić information content (AvgIpc) is 2.46. The highest BCUT2D eigenvalue weighted by Gasteiger charge is 2.13. The molecule has 0 aromatic carbocycles. The van der Waals surface area contributed by atoms with E-state index in [1.165, 1.54) is 4.91 Å². The summed E-state index contributed by atoms with van der Waals surface area (Å²) in [5.41, 5.74) is 0. The Morgan fingerprint density at radius 2 is 2.31 bits per heavy atom. The van der Waals surface area contributed by atoms with Gasteiger partial charge in [0.25, 0.3) is 0 Å². The van der Waals surface area contributed by atoms with Crippen LogP contribution < -0.4 is 0 Å². The molecule has 0 aromatic rings. The molecule has 1 aliphatic rings. The molecule has 0 radical (unpaired) electrons. The van der Waals surface area contributed by atoms with Gasteiger partial charge in [-0.3, -0.25) is 0 Å². The molecular weight excluding hydrogens is 178 g/mol. The van der Waals surface area contributed by atoms with E-state index in [0.29, 0.717) is 12.0 Å². The van der Waals surface area contributed by atoms with Crippen molar-refractivity contribution >= 4 is 11.8 Å². The molecule has 0 saturated carbocycles. The molecule has 0 amide bonds. The summed E-state index contributed by atoms with van der Waals surface area (Å²) in [7, 11) is 0. The summed E-state index contributed by atoms with van der Waals surface area (Å²) >= 11 is 1.85. The first kappa shape index (κ1) is 10.7. The summed E-state index contributed by atoms with van der Waals surface area (Å²) < 4.78 is 0. The molecule has 0 bridgehead atoms. The molecule has 2 heteroatoms. The summed E-state index contributed by atoms with van der Waals surface area (Å²) in [5.74, 6) is 0.609. The minimum atomic E-state index is 0.603. The lowest BCUT2D eigenvalue weighted by atomic mass is 10.2. The fourth-order valence-corrected chi connectivity index (χ4v) is 2.32. The zero-order chi connectivity index (χ0) is 9.84. The van der Waals surface area contributed by atoms with Crippen molar-refractivity contribution in [2.75, 3.05) is 6.54 Å². The number of thioether (sulfide) groups is 1. The lowest BCUT2D eigenvalue weighted by Crippen LogP contribution is -2.25. The Balaban J connectivity index is 2.63. The Bertz CT molecular complexity index is 218. The number of hydrogen-bond acceptors (Lipinski definition) is 2. The molecule has 1 rings (SSSR count). The van der Waals surface area contributed by atoms with Gasteiger partial charge < -0.3 is 4.90 Å². The van der Waals surface area contributed by atoms with Crippen LogP contribution in [0.3, 0.4) is 0 Å². The maximum absolute atomic E-state index is 2.38. The molecule has 0 aromatic heterocycles. The van der Waals surface area contributed by atoms with Crippen LogP contribution in [-0.4, -0.2) is 17.5 Å². The highest BCUT2D eigenvalue weighted by atomic mass is 32.2. The number of hydrogen-bond donors (Lipinski definition) is 0. The van der Waals surface area contributed by atoms with Gasteiger partial charge in [-0.15, -0.1) is 11.8 Å². The normalized spacial score (nSPS) is 24.7. The average molecular weight is 197 g/mol. The van der Waals surface area contributed by atoms with Gasteiger partial charge in [-0.2, -0.15) is 0 Å². The SMILES string of the molecule is CCN(/C=C1/SC=CC1C)C(C)C. The highest BCUT2D eigenvalue weighted by Crippen LogP contribution is 2.33. The fourth-order valence-electron chi connectivity index (χ4n) is 1.35. The molecule has 0 spiro atoms. The first-order valence-electron chi connectivity index (χ1n) is 4.96. The van der Waals surface area contributed by atoms with Crippen LogP contribution in [-0.2, 0) is 0 Å². The first-order valence-corrected chi connectivity index (χ1v) is 5.84. The lowest BCUT2D eigenvalue weighted by Gasteiger charge is -2.24. The largest absolute Gasteiger partial charge is 0.375 e. The fraction of sp³-hybridized carbons (Fsp3) is 0.636. The predicted molar refractivity (Wildman–Crippen MR) is 61.5 cm³/mol. The van der Waals surface area contributed by atoms with Gasteiger partial charge in [0.05, 0.1) is 0 Å². The molecule has 1 nitrogen and oxygen atoms in total. The molecule has 0 aliphatic carbocycles. The van der Waals surface area contributed by atoms with E-state index >= 15 is 0 Å². The zero-order valence-corrected chi connectivity index (χ0v) is 9.77. The van der Waals surface area contributed by atoms with Crippen LogP contribution in [0.2, 0.25) is 0 Å². The van der Waals surface area contributed by atoms with E-state index in [9.17, 15) is 0 Å². The van der Waals surface area contributed by atoms with Gasteiger partial charge in [0, 0.05) is 29.6 Å². The van der Waals surface area contributed by atoms with Crippen molar-refractivity contribution in [1.29, 1.82) is 0 Å². The molecule has 1 heterocycles. The van der Waals surface area contributed by atoms with E-state index in [4.69, 9.17) is 0 Å². The van der Waals surface area contributed by atoms with Crippen molar-refractivity contribution < 1.29 is 0 Å². The van der Waals surface area contributed by atoms with Gasteiger partial charge in [-0.25, -0.2) is 0 Å². The van der Waals surface area contributed by atoms with Crippen molar-refractivity contribution in [1.82, 2.24) is 4.90 Å². The van der Waals surface area contributed by atoms with Crippen LogP contribution >= 0.6 is 11.8 Å². The van der Waals surface area contributed by atoms with Crippen molar-refractivity contribution in [3.05, 3.63) is 22.6 Å². The molecule has 0 fully saturated rings. The summed E-state index contributed by atoms with van der Waals surface area (Å²) in [6.07, 6.45) is 4.56. The minimum Gasteiger partial charge on any atom is -0.375 e. The van der Waals surface area contributed by atoms with Crippen LogP contribution in [0.15, 0.2) is 22.6 Å². The van der Waals surface area contributed by atoms with Crippen molar-refractivity contribution in [2.24, 2.45) is 5.92 Å².